The highest BCUT2D eigenvalue weighted by molar-refractivity contribution is 6.30. The summed E-state index contributed by atoms with van der Waals surface area (Å²) in [5.74, 6) is 0.661. The van der Waals surface area contributed by atoms with E-state index in [1.165, 1.54) is 5.01 Å². The Morgan fingerprint density at radius 2 is 1.97 bits per heavy atom. The first-order valence-electron chi connectivity index (χ1n) is 9.57. The SMILES string of the molecule is Cc1ncc(C(C)NC(=O)N2C[C@H](N3CCOC3=O)C(c3ccc(Cl)cc3)=N2)cn1. The molecular formula is C20H21ClN6O3. The Labute approximate surface area is 178 Å². The number of rotatable bonds is 4. The standard InChI is InChI=1S/C20H21ClN6O3/c1-12(15-9-22-13(2)23-10-15)24-19(28)27-11-17(26-7-8-30-20(26)29)18(25-27)14-3-5-16(21)6-4-14/h3-6,9-10,12,17H,7-8,11H2,1-2H3,(H,24,28)/t12?,17-/m0/s1. The lowest BCUT2D eigenvalue weighted by Crippen LogP contribution is -2.46. The van der Waals surface area contributed by atoms with Gasteiger partial charge < -0.3 is 10.1 Å². The second kappa shape index (κ2) is 8.27. The fraction of sp³-hybridized carbons (Fsp3) is 0.350. The minimum Gasteiger partial charge on any atom is -0.448 e. The van der Waals surface area contributed by atoms with E-state index >= 15 is 0 Å². The van der Waals surface area contributed by atoms with Crippen LogP contribution in [-0.4, -0.2) is 63.5 Å². The van der Waals surface area contributed by atoms with E-state index in [-0.39, 0.29) is 18.6 Å². The van der Waals surface area contributed by atoms with Gasteiger partial charge in [-0.15, -0.1) is 0 Å². The summed E-state index contributed by atoms with van der Waals surface area (Å²) < 4.78 is 5.09. The zero-order chi connectivity index (χ0) is 21.3. The van der Waals surface area contributed by atoms with Crippen LogP contribution in [0.4, 0.5) is 9.59 Å². The van der Waals surface area contributed by atoms with Crippen molar-refractivity contribution in [1.82, 2.24) is 25.2 Å². The number of hydrazone groups is 1. The van der Waals surface area contributed by atoms with Gasteiger partial charge in [-0.1, -0.05) is 23.7 Å². The van der Waals surface area contributed by atoms with Gasteiger partial charge in [0.15, 0.2) is 0 Å². The number of nitrogens with one attached hydrogen (secondary N) is 1. The number of urea groups is 1. The van der Waals surface area contributed by atoms with Crippen LogP contribution >= 0.6 is 11.6 Å². The Morgan fingerprint density at radius 1 is 1.27 bits per heavy atom. The summed E-state index contributed by atoms with van der Waals surface area (Å²) in [5.41, 5.74) is 2.20. The molecule has 3 amide bonds. The van der Waals surface area contributed by atoms with Crippen LogP contribution in [0.1, 0.15) is 29.9 Å². The highest BCUT2D eigenvalue weighted by Crippen LogP contribution is 2.23. The Bertz CT molecular complexity index is 979. The minimum atomic E-state index is -0.408. The Morgan fingerprint density at radius 3 is 2.60 bits per heavy atom. The number of aryl methyl sites for hydroxylation is 1. The summed E-state index contributed by atoms with van der Waals surface area (Å²) in [6, 6.07) is 6.08. The Hall–Kier alpha value is -3.20. The van der Waals surface area contributed by atoms with E-state index in [2.05, 4.69) is 20.4 Å². The largest absolute Gasteiger partial charge is 0.448 e. The molecule has 2 aliphatic heterocycles. The molecule has 3 heterocycles. The molecular weight excluding hydrogens is 408 g/mol. The molecule has 0 saturated carbocycles. The number of amides is 3. The molecule has 1 unspecified atom stereocenters. The van der Waals surface area contributed by atoms with E-state index in [0.717, 1.165) is 11.1 Å². The number of halogens is 1. The zero-order valence-electron chi connectivity index (χ0n) is 16.6. The number of carbonyl (C=O) groups is 2. The summed E-state index contributed by atoms with van der Waals surface area (Å²) in [4.78, 5) is 35.0. The third-order valence-electron chi connectivity index (χ3n) is 5.07. The van der Waals surface area contributed by atoms with Crippen LogP contribution in [0, 0.1) is 6.92 Å². The van der Waals surface area contributed by atoms with Crippen LogP contribution < -0.4 is 5.32 Å². The van der Waals surface area contributed by atoms with Gasteiger partial charge in [0.25, 0.3) is 0 Å². The first-order valence-corrected chi connectivity index (χ1v) is 9.94. The summed E-state index contributed by atoms with van der Waals surface area (Å²) >= 11 is 6.00. The maximum absolute atomic E-state index is 12.9. The van der Waals surface area contributed by atoms with Gasteiger partial charge >= 0.3 is 12.1 Å². The molecule has 0 radical (unpaired) electrons. The van der Waals surface area contributed by atoms with E-state index in [4.69, 9.17) is 16.3 Å². The molecule has 0 bridgehead atoms. The lowest BCUT2D eigenvalue weighted by Gasteiger charge is -2.23. The lowest BCUT2D eigenvalue weighted by atomic mass is 10.0. The maximum atomic E-state index is 12.9. The molecule has 2 aliphatic rings. The van der Waals surface area contributed by atoms with Crippen LogP contribution in [0.2, 0.25) is 5.02 Å². The molecule has 2 atom stereocenters. The summed E-state index contributed by atoms with van der Waals surface area (Å²) in [7, 11) is 0. The summed E-state index contributed by atoms with van der Waals surface area (Å²) in [6.45, 7) is 4.65. The fourth-order valence-corrected chi connectivity index (χ4v) is 3.52. The molecule has 9 nitrogen and oxygen atoms in total. The van der Waals surface area contributed by atoms with Gasteiger partial charge in [-0.25, -0.2) is 24.6 Å². The van der Waals surface area contributed by atoms with Gasteiger partial charge in [-0.2, -0.15) is 5.10 Å². The molecule has 156 valence electrons. The molecule has 2 aromatic rings. The zero-order valence-corrected chi connectivity index (χ0v) is 17.3. The first kappa shape index (κ1) is 20.1. The molecule has 1 saturated heterocycles. The predicted octanol–water partition coefficient (Wildman–Crippen LogP) is 2.75. The number of ether oxygens (including phenoxy) is 1. The van der Waals surface area contributed by atoms with Crippen LogP contribution in [0.3, 0.4) is 0 Å². The summed E-state index contributed by atoms with van der Waals surface area (Å²) in [6.07, 6.45) is 2.96. The Balaban J connectivity index is 1.55. The average molecular weight is 429 g/mol. The molecule has 0 spiro atoms. The molecule has 1 fully saturated rings. The van der Waals surface area contributed by atoms with Gasteiger partial charge in [0.05, 0.1) is 30.9 Å². The van der Waals surface area contributed by atoms with Crippen molar-refractivity contribution >= 4 is 29.4 Å². The normalized spacial score (nSPS) is 19.5. The summed E-state index contributed by atoms with van der Waals surface area (Å²) in [5, 5.41) is 9.36. The van der Waals surface area contributed by atoms with Gasteiger partial charge in [0.1, 0.15) is 12.4 Å². The van der Waals surface area contributed by atoms with Gasteiger partial charge in [0.2, 0.25) is 0 Å². The number of carbonyl (C=O) groups excluding carboxylic acids is 2. The van der Waals surface area contributed by atoms with Crippen molar-refractivity contribution in [1.29, 1.82) is 0 Å². The highest BCUT2D eigenvalue weighted by Gasteiger charge is 2.40. The van der Waals surface area contributed by atoms with Crippen molar-refractivity contribution in [3.63, 3.8) is 0 Å². The smallest absolute Gasteiger partial charge is 0.410 e. The monoisotopic (exact) mass is 428 g/mol. The van der Waals surface area contributed by atoms with Crippen molar-refractivity contribution in [2.24, 2.45) is 5.10 Å². The molecule has 1 aromatic heterocycles. The number of aromatic nitrogens is 2. The van der Waals surface area contributed by atoms with Crippen molar-refractivity contribution in [3.8, 4) is 0 Å². The number of hydrogen-bond donors (Lipinski definition) is 1. The molecule has 10 heteroatoms. The quantitative estimate of drug-likeness (QED) is 0.807. The van der Waals surface area contributed by atoms with Gasteiger partial charge in [-0.05, 0) is 26.0 Å². The minimum absolute atomic E-state index is 0.232. The molecule has 30 heavy (non-hydrogen) atoms. The number of nitrogens with zero attached hydrogens (tertiary/aromatic N) is 5. The van der Waals surface area contributed by atoms with Crippen molar-refractivity contribution in [2.45, 2.75) is 25.9 Å². The number of hydrogen-bond acceptors (Lipinski definition) is 6. The maximum Gasteiger partial charge on any atom is 0.410 e. The Kier molecular flexibility index (Phi) is 5.54. The van der Waals surface area contributed by atoms with E-state index < -0.39 is 12.1 Å². The van der Waals surface area contributed by atoms with Crippen molar-refractivity contribution in [3.05, 3.63) is 58.6 Å². The second-order valence-electron chi connectivity index (χ2n) is 7.13. The highest BCUT2D eigenvalue weighted by atomic mass is 35.5. The van der Waals surface area contributed by atoms with Gasteiger partial charge in [0, 0.05) is 28.5 Å². The third-order valence-corrected chi connectivity index (χ3v) is 5.33. The molecule has 1 aromatic carbocycles. The average Bonchev–Trinajstić information content (AvgIpc) is 3.35. The van der Waals surface area contributed by atoms with Crippen LogP contribution in [0.25, 0.3) is 0 Å². The van der Waals surface area contributed by atoms with E-state index in [9.17, 15) is 9.59 Å². The van der Waals surface area contributed by atoms with E-state index in [0.29, 0.717) is 29.7 Å². The molecule has 0 aliphatic carbocycles. The van der Waals surface area contributed by atoms with E-state index in [1.807, 2.05) is 19.1 Å². The van der Waals surface area contributed by atoms with Crippen LogP contribution in [0.5, 0.6) is 0 Å². The fourth-order valence-electron chi connectivity index (χ4n) is 3.39. The van der Waals surface area contributed by atoms with Crippen molar-refractivity contribution < 1.29 is 14.3 Å². The van der Waals surface area contributed by atoms with Crippen LogP contribution in [-0.2, 0) is 4.74 Å². The number of benzene rings is 1. The lowest BCUT2D eigenvalue weighted by molar-refractivity contribution is 0.150. The van der Waals surface area contributed by atoms with Crippen molar-refractivity contribution in [2.75, 3.05) is 19.7 Å². The first-order chi connectivity index (χ1) is 14.4. The van der Waals surface area contributed by atoms with E-state index in [1.54, 1.807) is 36.4 Å². The second-order valence-corrected chi connectivity index (χ2v) is 7.57. The molecule has 4 rings (SSSR count). The topological polar surface area (TPSA) is 100 Å². The van der Waals surface area contributed by atoms with Gasteiger partial charge in [-0.3, -0.25) is 4.90 Å². The predicted molar refractivity (Wildman–Crippen MR) is 110 cm³/mol. The third kappa shape index (κ3) is 4.06. The molecule has 1 N–H and O–H groups in total. The van der Waals surface area contributed by atoms with Crippen LogP contribution in [0.15, 0.2) is 41.8 Å². The number of cyclic esters (lactones) is 1.